The molecule has 0 radical (unpaired) electrons. The fourth-order valence-corrected chi connectivity index (χ4v) is 2.85. The molecule has 1 atom stereocenters. The lowest BCUT2D eigenvalue weighted by atomic mass is 9.77. The summed E-state index contributed by atoms with van der Waals surface area (Å²) in [6.45, 7) is 6.27. The SMILES string of the molecule is CCC1(C(=O)N(C)CCOCC2CC2)CCCNC1. The van der Waals surface area contributed by atoms with Crippen molar-refractivity contribution in [3.05, 3.63) is 0 Å². The van der Waals surface area contributed by atoms with Crippen LogP contribution in [-0.2, 0) is 9.53 Å². The first-order valence-corrected chi connectivity index (χ1v) is 7.72. The lowest BCUT2D eigenvalue weighted by molar-refractivity contribution is -0.142. The van der Waals surface area contributed by atoms with E-state index < -0.39 is 0 Å². The average molecular weight is 268 g/mol. The molecule has 2 fully saturated rings. The van der Waals surface area contributed by atoms with Crippen LogP contribution in [0, 0.1) is 11.3 Å². The molecule has 1 heterocycles. The summed E-state index contributed by atoms with van der Waals surface area (Å²) in [5, 5.41) is 3.37. The Hall–Kier alpha value is -0.610. The number of nitrogens with one attached hydrogen (secondary N) is 1. The van der Waals surface area contributed by atoms with Gasteiger partial charge in [-0.25, -0.2) is 0 Å². The third-order valence-corrected chi connectivity index (χ3v) is 4.57. The molecule has 0 spiro atoms. The summed E-state index contributed by atoms with van der Waals surface area (Å²) >= 11 is 0. The van der Waals surface area contributed by atoms with Gasteiger partial charge in [0.2, 0.25) is 5.91 Å². The van der Waals surface area contributed by atoms with Crippen LogP contribution in [0.5, 0.6) is 0 Å². The zero-order chi connectivity index (χ0) is 13.7. The predicted octanol–water partition coefficient (Wildman–Crippen LogP) is 1.65. The summed E-state index contributed by atoms with van der Waals surface area (Å²) in [5.74, 6) is 1.09. The molecule has 110 valence electrons. The number of ether oxygens (including phenoxy) is 1. The zero-order valence-electron chi connectivity index (χ0n) is 12.4. The number of nitrogens with zero attached hydrogens (tertiary/aromatic N) is 1. The second-order valence-electron chi connectivity index (χ2n) is 6.16. The van der Waals surface area contributed by atoms with Crippen molar-refractivity contribution < 1.29 is 9.53 Å². The summed E-state index contributed by atoms with van der Waals surface area (Å²) < 4.78 is 5.62. The van der Waals surface area contributed by atoms with Crippen molar-refractivity contribution in [2.24, 2.45) is 11.3 Å². The van der Waals surface area contributed by atoms with E-state index in [9.17, 15) is 4.79 Å². The van der Waals surface area contributed by atoms with Crippen molar-refractivity contribution >= 4 is 5.91 Å². The second kappa shape index (κ2) is 6.71. The van der Waals surface area contributed by atoms with Crippen molar-refractivity contribution in [3.63, 3.8) is 0 Å². The molecule has 19 heavy (non-hydrogen) atoms. The molecule has 1 aliphatic carbocycles. The third-order valence-electron chi connectivity index (χ3n) is 4.57. The van der Waals surface area contributed by atoms with E-state index in [0.717, 1.165) is 44.9 Å². The molecule has 0 bridgehead atoms. The minimum absolute atomic E-state index is 0.177. The number of likely N-dealkylation sites (N-methyl/N-ethyl adjacent to an activating group) is 1. The number of amides is 1. The van der Waals surface area contributed by atoms with Crippen LogP contribution >= 0.6 is 0 Å². The molecule has 1 N–H and O–H groups in total. The Bertz CT molecular complexity index is 297. The Balaban J connectivity index is 1.75. The molecule has 1 unspecified atom stereocenters. The lowest BCUT2D eigenvalue weighted by Gasteiger charge is -2.38. The molecule has 0 aromatic rings. The topological polar surface area (TPSA) is 41.6 Å². The van der Waals surface area contributed by atoms with Crippen molar-refractivity contribution in [2.45, 2.75) is 39.0 Å². The number of carbonyl (C=O) groups excluding carboxylic acids is 1. The van der Waals surface area contributed by atoms with Gasteiger partial charge in [-0.15, -0.1) is 0 Å². The van der Waals surface area contributed by atoms with E-state index in [1.165, 1.54) is 12.8 Å². The average Bonchev–Trinajstić information content (AvgIpc) is 3.27. The summed E-state index contributed by atoms with van der Waals surface area (Å²) in [4.78, 5) is 14.5. The number of carbonyl (C=O) groups is 1. The van der Waals surface area contributed by atoms with Gasteiger partial charge in [0.15, 0.2) is 0 Å². The molecule has 2 rings (SSSR count). The molecule has 1 saturated heterocycles. The van der Waals surface area contributed by atoms with Crippen molar-refractivity contribution in [2.75, 3.05) is 39.9 Å². The first kappa shape index (κ1) is 14.8. The van der Waals surface area contributed by atoms with Gasteiger partial charge in [-0.05, 0) is 44.6 Å². The maximum Gasteiger partial charge on any atom is 0.229 e. The van der Waals surface area contributed by atoms with Crippen molar-refractivity contribution in [1.82, 2.24) is 10.2 Å². The smallest absolute Gasteiger partial charge is 0.229 e. The summed E-state index contributed by atoms with van der Waals surface area (Å²) in [5.41, 5.74) is -0.177. The van der Waals surface area contributed by atoms with Crippen LogP contribution in [0.4, 0.5) is 0 Å². The van der Waals surface area contributed by atoms with E-state index in [0.29, 0.717) is 13.2 Å². The summed E-state index contributed by atoms with van der Waals surface area (Å²) in [7, 11) is 1.91. The molecule has 4 nitrogen and oxygen atoms in total. The van der Waals surface area contributed by atoms with Crippen LogP contribution in [0.15, 0.2) is 0 Å². The molecular weight excluding hydrogens is 240 g/mol. The fourth-order valence-electron chi connectivity index (χ4n) is 2.85. The Labute approximate surface area is 116 Å². The number of piperidine rings is 1. The highest BCUT2D eigenvalue weighted by Gasteiger charge is 2.39. The first-order chi connectivity index (χ1) is 9.18. The third kappa shape index (κ3) is 3.93. The van der Waals surface area contributed by atoms with Gasteiger partial charge in [-0.2, -0.15) is 0 Å². The summed E-state index contributed by atoms with van der Waals surface area (Å²) in [6, 6.07) is 0. The molecule has 1 amide bonds. The van der Waals surface area contributed by atoms with Gasteiger partial charge in [0.25, 0.3) is 0 Å². The van der Waals surface area contributed by atoms with Crippen LogP contribution in [0.3, 0.4) is 0 Å². The van der Waals surface area contributed by atoms with E-state index in [1.54, 1.807) is 0 Å². The van der Waals surface area contributed by atoms with Crippen LogP contribution in [-0.4, -0.2) is 50.7 Å². The molecule has 1 aliphatic heterocycles. The monoisotopic (exact) mass is 268 g/mol. The first-order valence-electron chi connectivity index (χ1n) is 7.72. The second-order valence-corrected chi connectivity index (χ2v) is 6.16. The largest absolute Gasteiger partial charge is 0.379 e. The lowest BCUT2D eigenvalue weighted by Crippen LogP contribution is -2.51. The fraction of sp³-hybridized carbons (Fsp3) is 0.933. The van der Waals surface area contributed by atoms with E-state index >= 15 is 0 Å². The number of rotatable bonds is 7. The van der Waals surface area contributed by atoms with Crippen LogP contribution in [0.2, 0.25) is 0 Å². The van der Waals surface area contributed by atoms with Crippen LogP contribution < -0.4 is 5.32 Å². The maximum absolute atomic E-state index is 12.6. The Morgan fingerprint density at radius 2 is 2.26 bits per heavy atom. The summed E-state index contributed by atoms with van der Waals surface area (Å²) in [6.07, 6.45) is 5.68. The minimum atomic E-state index is -0.177. The van der Waals surface area contributed by atoms with Crippen LogP contribution in [0.1, 0.15) is 39.0 Å². The maximum atomic E-state index is 12.6. The molecular formula is C15H28N2O2. The highest BCUT2D eigenvalue weighted by Crippen LogP contribution is 2.32. The molecule has 1 saturated carbocycles. The van der Waals surface area contributed by atoms with Gasteiger partial charge in [0.1, 0.15) is 0 Å². The van der Waals surface area contributed by atoms with E-state index in [-0.39, 0.29) is 11.3 Å². The van der Waals surface area contributed by atoms with Gasteiger partial charge in [-0.1, -0.05) is 6.92 Å². The van der Waals surface area contributed by atoms with Gasteiger partial charge < -0.3 is 15.0 Å². The van der Waals surface area contributed by atoms with Gasteiger partial charge in [-0.3, -0.25) is 4.79 Å². The Morgan fingerprint density at radius 1 is 1.47 bits per heavy atom. The molecule has 0 aromatic carbocycles. The molecule has 4 heteroatoms. The minimum Gasteiger partial charge on any atom is -0.379 e. The standard InChI is InChI=1S/C15H28N2O2/c1-3-15(7-4-8-16-12-15)14(18)17(2)9-10-19-11-13-5-6-13/h13,16H,3-12H2,1-2H3. The van der Waals surface area contributed by atoms with Gasteiger partial charge >= 0.3 is 0 Å². The zero-order valence-corrected chi connectivity index (χ0v) is 12.4. The van der Waals surface area contributed by atoms with E-state index in [4.69, 9.17) is 4.74 Å². The highest BCUT2D eigenvalue weighted by atomic mass is 16.5. The predicted molar refractivity (Wildman–Crippen MR) is 76.0 cm³/mol. The highest BCUT2D eigenvalue weighted by molar-refractivity contribution is 5.82. The number of hydrogen-bond acceptors (Lipinski definition) is 3. The van der Waals surface area contributed by atoms with Crippen LogP contribution in [0.25, 0.3) is 0 Å². The van der Waals surface area contributed by atoms with E-state index in [1.807, 2.05) is 11.9 Å². The molecule has 2 aliphatic rings. The van der Waals surface area contributed by atoms with Crippen molar-refractivity contribution in [1.29, 1.82) is 0 Å². The Morgan fingerprint density at radius 3 is 2.84 bits per heavy atom. The Kier molecular flexibility index (Phi) is 5.22. The van der Waals surface area contributed by atoms with Crippen molar-refractivity contribution in [3.8, 4) is 0 Å². The van der Waals surface area contributed by atoms with E-state index in [2.05, 4.69) is 12.2 Å². The number of hydrogen-bond donors (Lipinski definition) is 1. The normalized spacial score (nSPS) is 27.3. The van der Waals surface area contributed by atoms with Gasteiger partial charge in [0, 0.05) is 26.7 Å². The molecule has 0 aromatic heterocycles. The quantitative estimate of drug-likeness (QED) is 0.714. The van der Waals surface area contributed by atoms with Gasteiger partial charge in [0.05, 0.1) is 12.0 Å².